The predicted octanol–water partition coefficient (Wildman–Crippen LogP) is 4.73. The van der Waals surface area contributed by atoms with Crippen molar-refractivity contribution in [1.82, 2.24) is 15.2 Å². The molecule has 0 fully saturated rings. The van der Waals surface area contributed by atoms with Crippen molar-refractivity contribution in [1.29, 1.82) is 0 Å². The van der Waals surface area contributed by atoms with Crippen LogP contribution < -0.4 is 14.8 Å². The number of hydrazone groups is 1. The summed E-state index contributed by atoms with van der Waals surface area (Å²) in [6.45, 7) is 2.09. The van der Waals surface area contributed by atoms with E-state index >= 15 is 0 Å². The van der Waals surface area contributed by atoms with Gasteiger partial charge in [0.05, 0.1) is 19.4 Å². The maximum atomic E-state index is 12.8. The van der Waals surface area contributed by atoms with E-state index in [1.807, 2.05) is 6.92 Å². The van der Waals surface area contributed by atoms with Crippen LogP contribution in [0.25, 0.3) is 0 Å². The lowest BCUT2D eigenvalue weighted by Gasteiger charge is -2.29. The molecule has 4 rings (SSSR count). The Kier molecular flexibility index (Phi) is 7.46. The molecule has 0 bridgehead atoms. The molecule has 37 heavy (non-hydrogen) atoms. The van der Waals surface area contributed by atoms with E-state index in [0.29, 0.717) is 23.4 Å². The molecule has 2 heterocycles. The highest BCUT2D eigenvalue weighted by Gasteiger charge is 2.34. The Balaban J connectivity index is 1.53. The number of carbonyl (C=O) groups is 2. The number of benzene rings is 2. The van der Waals surface area contributed by atoms with Gasteiger partial charge in [-0.15, -0.1) is 13.2 Å². The van der Waals surface area contributed by atoms with E-state index in [-0.39, 0.29) is 42.1 Å². The van der Waals surface area contributed by atoms with Crippen LogP contribution in [0.2, 0.25) is 0 Å². The van der Waals surface area contributed by atoms with Gasteiger partial charge in [0.15, 0.2) is 11.5 Å². The van der Waals surface area contributed by atoms with Gasteiger partial charge < -0.3 is 14.8 Å². The van der Waals surface area contributed by atoms with Crippen LogP contribution >= 0.6 is 0 Å². The fourth-order valence-corrected chi connectivity index (χ4v) is 3.92. The van der Waals surface area contributed by atoms with E-state index in [1.165, 1.54) is 30.3 Å². The number of nitrogens with zero attached hydrogens (tertiary/aromatic N) is 3. The molecular formula is C25H24F3N5O4. The van der Waals surface area contributed by atoms with Crippen molar-refractivity contribution >= 4 is 23.2 Å². The summed E-state index contributed by atoms with van der Waals surface area (Å²) >= 11 is 0. The second-order valence-electron chi connectivity index (χ2n) is 8.27. The fraction of sp³-hybridized carbons (Fsp3) is 0.280. The number of aromatic amines is 1. The van der Waals surface area contributed by atoms with Crippen LogP contribution in [-0.4, -0.2) is 46.2 Å². The van der Waals surface area contributed by atoms with E-state index < -0.39 is 12.1 Å². The molecule has 0 aliphatic carbocycles. The van der Waals surface area contributed by atoms with Gasteiger partial charge in [-0.2, -0.15) is 10.2 Å². The van der Waals surface area contributed by atoms with Gasteiger partial charge in [0.25, 0.3) is 5.91 Å². The number of alkyl halides is 3. The minimum Gasteiger partial charge on any atom is -0.493 e. The molecular weight excluding hydrogens is 491 g/mol. The third-order valence-corrected chi connectivity index (χ3v) is 5.78. The first-order valence-electron chi connectivity index (χ1n) is 11.4. The van der Waals surface area contributed by atoms with Gasteiger partial charge in [0.1, 0.15) is 5.69 Å². The maximum absolute atomic E-state index is 12.8. The Hall–Kier alpha value is -4.35. The summed E-state index contributed by atoms with van der Waals surface area (Å²) in [5.74, 6) is -1.29. The monoisotopic (exact) mass is 515 g/mol. The number of hydrogen-bond acceptors (Lipinski definition) is 6. The molecule has 1 aromatic heterocycles. The molecule has 0 spiro atoms. The topological polar surface area (TPSA) is 109 Å². The van der Waals surface area contributed by atoms with Crippen molar-refractivity contribution in [2.24, 2.45) is 11.0 Å². The summed E-state index contributed by atoms with van der Waals surface area (Å²) in [4.78, 5) is 25.0. The lowest BCUT2D eigenvalue weighted by Crippen LogP contribution is -2.36. The molecule has 2 amide bonds. The number of ether oxygens (including phenoxy) is 2. The molecule has 1 unspecified atom stereocenters. The highest BCUT2D eigenvalue weighted by molar-refractivity contribution is 6.06. The van der Waals surface area contributed by atoms with Gasteiger partial charge >= 0.3 is 6.36 Å². The van der Waals surface area contributed by atoms with Crippen LogP contribution in [0.15, 0.2) is 59.8 Å². The van der Waals surface area contributed by atoms with Crippen LogP contribution in [0.5, 0.6) is 11.5 Å². The number of methoxy groups -OCH3 is 1. The van der Waals surface area contributed by atoms with Gasteiger partial charge in [-0.05, 0) is 48.4 Å². The first-order chi connectivity index (χ1) is 17.7. The Morgan fingerprint density at radius 2 is 1.92 bits per heavy atom. The number of anilines is 1. The lowest BCUT2D eigenvalue weighted by atomic mass is 9.89. The largest absolute Gasteiger partial charge is 0.573 e. The molecule has 12 heteroatoms. The van der Waals surface area contributed by atoms with Crippen molar-refractivity contribution in [2.75, 3.05) is 12.4 Å². The zero-order valence-corrected chi connectivity index (χ0v) is 20.0. The first kappa shape index (κ1) is 25.7. The smallest absolute Gasteiger partial charge is 0.493 e. The number of nitrogens with one attached hydrogen (secondary N) is 2. The molecule has 0 saturated heterocycles. The van der Waals surface area contributed by atoms with Crippen molar-refractivity contribution in [3.63, 3.8) is 0 Å². The molecule has 194 valence electrons. The van der Waals surface area contributed by atoms with Crippen molar-refractivity contribution in [3.8, 4) is 11.5 Å². The molecule has 9 nitrogen and oxygen atoms in total. The zero-order valence-electron chi connectivity index (χ0n) is 20.0. The average molecular weight is 515 g/mol. The first-order valence-corrected chi connectivity index (χ1v) is 11.4. The van der Waals surface area contributed by atoms with Gasteiger partial charge in [0, 0.05) is 29.8 Å². The van der Waals surface area contributed by atoms with Crippen LogP contribution in [-0.2, 0) is 11.3 Å². The van der Waals surface area contributed by atoms with Gasteiger partial charge in [0.2, 0.25) is 5.91 Å². The number of carbonyl (C=O) groups excluding carboxylic acids is 2. The van der Waals surface area contributed by atoms with E-state index in [1.54, 1.807) is 36.5 Å². The fourth-order valence-electron chi connectivity index (χ4n) is 3.92. The highest BCUT2D eigenvalue weighted by Crippen LogP contribution is 2.35. The molecule has 2 N–H and O–H groups in total. The van der Waals surface area contributed by atoms with Crippen molar-refractivity contribution in [2.45, 2.75) is 32.7 Å². The third-order valence-electron chi connectivity index (χ3n) is 5.78. The molecule has 3 aromatic rings. The number of amides is 2. The second kappa shape index (κ2) is 10.7. The normalized spacial score (nSPS) is 15.8. The molecule has 2 aromatic carbocycles. The van der Waals surface area contributed by atoms with Crippen molar-refractivity contribution < 1.29 is 32.2 Å². The molecule has 1 aliphatic heterocycles. The molecule has 1 atom stereocenters. The van der Waals surface area contributed by atoms with E-state index in [0.717, 1.165) is 5.56 Å². The standard InChI is InChI=1S/C25H24F3N5O4/c1-3-16-13-22(34)33(14-15-4-7-18(8-5-15)30-24(35)19-10-11-29-31-19)32-23(16)17-6-9-20(21(12-17)36-2)37-25(26,27)28/h4-12,16H,3,13-14H2,1-2H3,(H,29,31)(H,30,35). The minimum absolute atomic E-state index is 0.0942. The summed E-state index contributed by atoms with van der Waals surface area (Å²) < 4.78 is 47.3. The Bertz CT molecular complexity index is 1290. The summed E-state index contributed by atoms with van der Waals surface area (Å²) in [5.41, 5.74) is 2.69. The SMILES string of the molecule is CCC1CC(=O)N(Cc2ccc(NC(=O)c3cc[nH]n3)cc2)N=C1c1ccc(OC(F)(F)F)c(OC)c1. The van der Waals surface area contributed by atoms with Gasteiger partial charge in [-0.3, -0.25) is 14.7 Å². The van der Waals surface area contributed by atoms with E-state index in [2.05, 4.69) is 25.4 Å². The Labute approximate surface area is 210 Å². The third kappa shape index (κ3) is 6.26. The second-order valence-corrected chi connectivity index (χ2v) is 8.27. The highest BCUT2D eigenvalue weighted by atomic mass is 19.4. The van der Waals surface area contributed by atoms with Gasteiger partial charge in [-0.1, -0.05) is 19.1 Å². The lowest BCUT2D eigenvalue weighted by molar-refractivity contribution is -0.275. The van der Waals surface area contributed by atoms with Gasteiger partial charge in [-0.25, -0.2) is 5.01 Å². The van der Waals surface area contributed by atoms with Crippen molar-refractivity contribution in [3.05, 3.63) is 71.5 Å². The molecule has 1 aliphatic rings. The van der Waals surface area contributed by atoms with Crippen LogP contribution in [0, 0.1) is 5.92 Å². The Morgan fingerprint density at radius 1 is 1.16 bits per heavy atom. The van der Waals surface area contributed by atoms with E-state index in [4.69, 9.17) is 4.74 Å². The summed E-state index contributed by atoms with van der Waals surface area (Å²) in [7, 11) is 1.25. The van der Waals surface area contributed by atoms with Crippen LogP contribution in [0.3, 0.4) is 0 Å². The predicted molar refractivity (Wildman–Crippen MR) is 128 cm³/mol. The zero-order chi connectivity index (χ0) is 26.6. The average Bonchev–Trinajstić information content (AvgIpc) is 3.41. The number of H-pyrrole nitrogens is 1. The van der Waals surface area contributed by atoms with Crippen LogP contribution in [0.1, 0.15) is 41.4 Å². The summed E-state index contributed by atoms with van der Waals surface area (Å²) in [6.07, 6.45) is -2.49. The number of halogens is 3. The quantitative estimate of drug-likeness (QED) is 0.451. The van der Waals surface area contributed by atoms with Crippen LogP contribution in [0.4, 0.5) is 18.9 Å². The Morgan fingerprint density at radius 3 is 2.54 bits per heavy atom. The molecule has 0 saturated carbocycles. The summed E-state index contributed by atoms with van der Waals surface area (Å²) in [5, 5.41) is 15.0. The summed E-state index contributed by atoms with van der Waals surface area (Å²) in [6, 6.07) is 12.6. The number of aromatic nitrogens is 2. The molecule has 0 radical (unpaired) electrons. The number of rotatable bonds is 8. The minimum atomic E-state index is -4.86. The maximum Gasteiger partial charge on any atom is 0.573 e. The number of hydrogen-bond donors (Lipinski definition) is 2. The van der Waals surface area contributed by atoms with E-state index in [9.17, 15) is 22.8 Å².